The molecule has 0 saturated carbocycles. The third kappa shape index (κ3) is 4.21. The van der Waals surface area contributed by atoms with Gasteiger partial charge >= 0.3 is 6.09 Å². The van der Waals surface area contributed by atoms with Crippen molar-refractivity contribution in [2.75, 3.05) is 18.5 Å². The van der Waals surface area contributed by atoms with Crippen LogP contribution < -0.4 is 11.1 Å². The van der Waals surface area contributed by atoms with Gasteiger partial charge in [-0.2, -0.15) is 0 Å². The summed E-state index contributed by atoms with van der Waals surface area (Å²) in [7, 11) is 0. The Morgan fingerprint density at radius 1 is 1.57 bits per heavy atom. The van der Waals surface area contributed by atoms with E-state index >= 15 is 0 Å². The van der Waals surface area contributed by atoms with E-state index in [0.29, 0.717) is 12.5 Å². The number of nitrogens with zero attached hydrogens (tertiary/aromatic N) is 2. The Kier molecular flexibility index (Phi) is 4.36. The summed E-state index contributed by atoms with van der Waals surface area (Å²) in [5.74, 6) is 0.499. The van der Waals surface area contributed by atoms with Gasteiger partial charge in [0, 0.05) is 16.0 Å². The maximum atomic E-state index is 10.2. The Labute approximate surface area is 94.4 Å². The first-order chi connectivity index (χ1) is 6.68. The zero-order chi connectivity index (χ0) is 10.4. The second kappa shape index (κ2) is 5.58. The summed E-state index contributed by atoms with van der Waals surface area (Å²) in [5, 5.41) is 2.87. The van der Waals surface area contributed by atoms with Crippen LogP contribution in [0, 0.1) is 3.57 Å². The smallest absolute Gasteiger partial charge is 0.404 e. The molecule has 0 fully saturated rings. The van der Waals surface area contributed by atoms with Gasteiger partial charge in [-0.25, -0.2) is 14.8 Å². The molecule has 1 heterocycles. The molecule has 6 nitrogen and oxygen atoms in total. The minimum absolute atomic E-state index is 0.199. The average Bonchev–Trinajstić information content (AvgIpc) is 2.15. The quantitative estimate of drug-likeness (QED) is 0.627. The van der Waals surface area contributed by atoms with Crippen molar-refractivity contribution in [3.8, 4) is 0 Å². The lowest BCUT2D eigenvalue weighted by atomic mass is 10.6. The van der Waals surface area contributed by atoms with Crippen LogP contribution in [0.4, 0.5) is 10.7 Å². The summed E-state index contributed by atoms with van der Waals surface area (Å²) in [6.07, 6.45) is 2.59. The summed E-state index contributed by atoms with van der Waals surface area (Å²) >= 11 is 2.11. The summed E-state index contributed by atoms with van der Waals surface area (Å²) < 4.78 is 5.47. The normalized spacial score (nSPS) is 9.50. The summed E-state index contributed by atoms with van der Waals surface area (Å²) in [6.45, 7) is 0.633. The fourth-order valence-electron chi connectivity index (χ4n) is 0.718. The molecule has 0 saturated heterocycles. The Hall–Kier alpha value is -1.12. The number of primary amides is 1. The van der Waals surface area contributed by atoms with Gasteiger partial charge in [0.05, 0.1) is 6.54 Å². The van der Waals surface area contributed by atoms with Gasteiger partial charge in [0.1, 0.15) is 6.61 Å². The van der Waals surface area contributed by atoms with Crippen LogP contribution in [0.2, 0.25) is 0 Å². The van der Waals surface area contributed by atoms with Crippen LogP contribution in [-0.2, 0) is 4.74 Å². The van der Waals surface area contributed by atoms with Crippen LogP contribution in [0.3, 0.4) is 0 Å². The van der Waals surface area contributed by atoms with Gasteiger partial charge < -0.3 is 15.8 Å². The van der Waals surface area contributed by atoms with Gasteiger partial charge in [0.25, 0.3) is 0 Å². The number of aromatic nitrogens is 2. The lowest BCUT2D eigenvalue weighted by molar-refractivity contribution is 0.161. The number of halogens is 1. The predicted molar refractivity (Wildman–Crippen MR) is 58.8 cm³/mol. The molecule has 0 aliphatic rings. The highest BCUT2D eigenvalue weighted by Gasteiger charge is 1.96. The number of hydrogen-bond donors (Lipinski definition) is 2. The topological polar surface area (TPSA) is 90.1 Å². The van der Waals surface area contributed by atoms with E-state index in [0.717, 1.165) is 3.57 Å². The van der Waals surface area contributed by atoms with Crippen molar-refractivity contribution < 1.29 is 9.53 Å². The molecule has 0 aromatic carbocycles. The van der Waals surface area contributed by atoms with Crippen molar-refractivity contribution in [3.05, 3.63) is 16.0 Å². The summed E-state index contributed by atoms with van der Waals surface area (Å²) in [6, 6.07) is 0. The van der Waals surface area contributed by atoms with Crippen molar-refractivity contribution in [3.63, 3.8) is 0 Å². The molecule has 0 atom stereocenters. The van der Waals surface area contributed by atoms with Gasteiger partial charge in [0.2, 0.25) is 5.95 Å². The van der Waals surface area contributed by atoms with Crippen LogP contribution >= 0.6 is 22.6 Å². The standard InChI is InChI=1S/C7H9IN4O2/c8-5-3-11-7(12-4-5)10-1-2-14-6(9)13/h3-4H,1-2H2,(H2,9,13)(H,10,11,12). The van der Waals surface area contributed by atoms with E-state index in [9.17, 15) is 4.79 Å². The van der Waals surface area contributed by atoms with Crippen LogP contribution in [0.15, 0.2) is 12.4 Å². The molecule has 0 aliphatic heterocycles. The van der Waals surface area contributed by atoms with E-state index in [1.165, 1.54) is 0 Å². The first-order valence-electron chi connectivity index (χ1n) is 3.82. The molecule has 14 heavy (non-hydrogen) atoms. The number of ether oxygens (including phenoxy) is 1. The fourth-order valence-corrected chi connectivity index (χ4v) is 0.997. The number of amides is 1. The molecular formula is C7H9IN4O2. The highest BCUT2D eigenvalue weighted by Crippen LogP contribution is 2.01. The average molecular weight is 308 g/mol. The van der Waals surface area contributed by atoms with Crippen LogP contribution in [-0.4, -0.2) is 29.2 Å². The highest BCUT2D eigenvalue weighted by molar-refractivity contribution is 14.1. The van der Waals surface area contributed by atoms with E-state index in [1.54, 1.807) is 12.4 Å². The third-order valence-electron chi connectivity index (χ3n) is 1.25. The number of anilines is 1. The molecule has 1 rings (SSSR count). The lowest BCUT2D eigenvalue weighted by Crippen LogP contribution is -2.18. The molecule has 0 unspecified atom stereocenters. The minimum Gasteiger partial charge on any atom is -0.448 e. The number of nitrogens with one attached hydrogen (secondary N) is 1. The highest BCUT2D eigenvalue weighted by atomic mass is 127. The molecule has 0 aliphatic carbocycles. The largest absolute Gasteiger partial charge is 0.448 e. The molecule has 3 N–H and O–H groups in total. The van der Waals surface area contributed by atoms with Crippen molar-refractivity contribution in [1.82, 2.24) is 9.97 Å². The van der Waals surface area contributed by atoms with Crippen molar-refractivity contribution >= 4 is 34.6 Å². The SMILES string of the molecule is NC(=O)OCCNc1ncc(I)cn1. The number of rotatable bonds is 4. The Morgan fingerprint density at radius 3 is 2.79 bits per heavy atom. The van der Waals surface area contributed by atoms with Crippen LogP contribution in [0.25, 0.3) is 0 Å². The van der Waals surface area contributed by atoms with Crippen molar-refractivity contribution in [2.24, 2.45) is 5.73 Å². The Bertz CT molecular complexity index is 303. The number of carbonyl (C=O) groups is 1. The molecule has 0 spiro atoms. The fraction of sp³-hybridized carbons (Fsp3) is 0.286. The molecule has 1 amide bonds. The van der Waals surface area contributed by atoms with Gasteiger partial charge in [-0.15, -0.1) is 0 Å². The summed E-state index contributed by atoms with van der Waals surface area (Å²) in [5.41, 5.74) is 4.77. The maximum Gasteiger partial charge on any atom is 0.404 e. The van der Waals surface area contributed by atoms with E-state index < -0.39 is 6.09 Å². The first kappa shape index (κ1) is 11.0. The van der Waals surface area contributed by atoms with Crippen molar-refractivity contribution in [1.29, 1.82) is 0 Å². The second-order valence-corrected chi connectivity index (χ2v) is 3.56. The molecule has 76 valence electrons. The van der Waals surface area contributed by atoms with Gasteiger partial charge in [-0.05, 0) is 22.6 Å². The van der Waals surface area contributed by atoms with Gasteiger partial charge in [-0.3, -0.25) is 0 Å². The van der Waals surface area contributed by atoms with E-state index in [-0.39, 0.29) is 6.61 Å². The zero-order valence-corrected chi connectivity index (χ0v) is 9.39. The predicted octanol–water partition coefficient (Wildman–Crippen LogP) is 0.588. The second-order valence-electron chi connectivity index (χ2n) is 2.32. The van der Waals surface area contributed by atoms with E-state index in [2.05, 4.69) is 42.6 Å². The van der Waals surface area contributed by atoms with Gasteiger partial charge in [-0.1, -0.05) is 0 Å². The zero-order valence-electron chi connectivity index (χ0n) is 7.24. The first-order valence-corrected chi connectivity index (χ1v) is 4.90. The van der Waals surface area contributed by atoms with Crippen molar-refractivity contribution in [2.45, 2.75) is 0 Å². The monoisotopic (exact) mass is 308 g/mol. The lowest BCUT2D eigenvalue weighted by Gasteiger charge is -2.03. The molecule has 1 aromatic heterocycles. The minimum atomic E-state index is -0.782. The van der Waals surface area contributed by atoms with Gasteiger partial charge in [0.15, 0.2) is 0 Å². The molecule has 1 aromatic rings. The maximum absolute atomic E-state index is 10.2. The van der Waals surface area contributed by atoms with E-state index in [4.69, 9.17) is 5.73 Å². The third-order valence-corrected chi connectivity index (χ3v) is 1.81. The molecule has 0 bridgehead atoms. The van der Waals surface area contributed by atoms with Crippen LogP contribution in [0.1, 0.15) is 0 Å². The summed E-state index contributed by atoms with van der Waals surface area (Å²) in [4.78, 5) is 18.2. The molecular weight excluding hydrogens is 299 g/mol. The molecule has 0 radical (unpaired) electrons. The number of nitrogens with two attached hydrogens (primary N) is 1. The van der Waals surface area contributed by atoms with E-state index in [1.807, 2.05) is 0 Å². The Balaban J connectivity index is 2.25. The number of carbonyl (C=O) groups excluding carboxylic acids is 1. The molecule has 7 heteroatoms. The van der Waals surface area contributed by atoms with Crippen LogP contribution in [0.5, 0.6) is 0 Å². The Morgan fingerprint density at radius 2 is 2.21 bits per heavy atom. The number of hydrogen-bond acceptors (Lipinski definition) is 5.